The summed E-state index contributed by atoms with van der Waals surface area (Å²) in [6.07, 6.45) is 3.67. The number of aromatic nitrogens is 3. The minimum atomic E-state index is -0.149. The molecule has 2 aromatic heterocycles. The van der Waals surface area contributed by atoms with E-state index in [2.05, 4.69) is 15.0 Å². The summed E-state index contributed by atoms with van der Waals surface area (Å²) < 4.78 is 16.3. The van der Waals surface area contributed by atoms with E-state index in [1.54, 1.807) is 24.4 Å². The van der Waals surface area contributed by atoms with E-state index < -0.39 is 0 Å². The lowest BCUT2D eigenvalue weighted by atomic mass is 10.2. The Bertz CT molecular complexity index is 971. The summed E-state index contributed by atoms with van der Waals surface area (Å²) >= 11 is 0. The second-order valence-electron chi connectivity index (χ2n) is 6.29. The number of hydrogen-bond donors (Lipinski definition) is 1. The number of nitrogens with zero attached hydrogens (tertiary/aromatic N) is 3. The van der Waals surface area contributed by atoms with Crippen molar-refractivity contribution in [3.63, 3.8) is 0 Å². The van der Waals surface area contributed by atoms with Crippen LogP contribution >= 0.6 is 0 Å². The van der Waals surface area contributed by atoms with E-state index in [1.807, 2.05) is 24.3 Å². The lowest BCUT2D eigenvalue weighted by Crippen LogP contribution is -2.31. The molecule has 0 saturated carbocycles. The first kappa shape index (κ1) is 17.1. The van der Waals surface area contributed by atoms with Crippen molar-refractivity contribution in [2.75, 3.05) is 27.3 Å². The van der Waals surface area contributed by atoms with Crippen LogP contribution in [0.3, 0.4) is 0 Å². The van der Waals surface area contributed by atoms with E-state index >= 15 is 0 Å². The van der Waals surface area contributed by atoms with Gasteiger partial charge >= 0.3 is 0 Å². The maximum atomic E-state index is 12.8. The van der Waals surface area contributed by atoms with E-state index in [9.17, 15) is 4.79 Å². The molecule has 1 N–H and O–H groups in total. The summed E-state index contributed by atoms with van der Waals surface area (Å²) in [7, 11) is 3.14. The Morgan fingerprint density at radius 3 is 2.74 bits per heavy atom. The topological polar surface area (TPSA) is 89.6 Å². The zero-order valence-electron chi connectivity index (χ0n) is 15.1. The second kappa shape index (κ2) is 7.14. The van der Waals surface area contributed by atoms with Crippen LogP contribution in [-0.2, 0) is 0 Å². The summed E-state index contributed by atoms with van der Waals surface area (Å²) in [6, 6.07) is 7.54. The van der Waals surface area contributed by atoms with Crippen LogP contribution in [0.1, 0.15) is 16.9 Å². The van der Waals surface area contributed by atoms with Gasteiger partial charge < -0.3 is 24.1 Å². The van der Waals surface area contributed by atoms with E-state index in [1.165, 1.54) is 7.11 Å². The molecule has 27 heavy (non-hydrogen) atoms. The van der Waals surface area contributed by atoms with Crippen molar-refractivity contribution in [2.24, 2.45) is 0 Å². The third kappa shape index (κ3) is 3.38. The molecule has 1 amide bonds. The molecule has 1 saturated heterocycles. The predicted octanol–water partition coefficient (Wildman–Crippen LogP) is 2.27. The number of benzene rings is 1. The highest BCUT2D eigenvalue weighted by atomic mass is 16.5. The van der Waals surface area contributed by atoms with Crippen LogP contribution in [0.4, 0.5) is 0 Å². The predicted molar refractivity (Wildman–Crippen MR) is 98.4 cm³/mol. The van der Waals surface area contributed by atoms with E-state index in [0.29, 0.717) is 30.5 Å². The number of nitrogens with one attached hydrogen (secondary N) is 1. The molecular formula is C19H20N4O4. The minimum absolute atomic E-state index is 0.0534. The number of methoxy groups -OCH3 is 2. The number of carbonyl (C=O) groups excluding carboxylic acids is 1. The minimum Gasteiger partial charge on any atom is -0.497 e. The molecule has 0 spiro atoms. The fraction of sp³-hybridized carbons (Fsp3) is 0.316. The maximum absolute atomic E-state index is 12.8. The van der Waals surface area contributed by atoms with Crippen molar-refractivity contribution in [1.29, 1.82) is 0 Å². The fourth-order valence-electron chi connectivity index (χ4n) is 3.22. The van der Waals surface area contributed by atoms with Crippen LogP contribution in [0.5, 0.6) is 17.5 Å². The molecule has 1 fully saturated rings. The molecule has 0 radical (unpaired) electrons. The Kier molecular flexibility index (Phi) is 4.53. The molecule has 1 atom stereocenters. The smallest absolute Gasteiger partial charge is 0.278 e. The van der Waals surface area contributed by atoms with Gasteiger partial charge in [0.1, 0.15) is 17.5 Å². The molecule has 1 aliphatic heterocycles. The quantitative estimate of drug-likeness (QED) is 0.743. The monoisotopic (exact) mass is 368 g/mol. The van der Waals surface area contributed by atoms with Crippen LogP contribution in [0.15, 0.2) is 36.7 Å². The van der Waals surface area contributed by atoms with E-state index in [4.69, 9.17) is 14.2 Å². The van der Waals surface area contributed by atoms with Gasteiger partial charge in [-0.05, 0) is 18.2 Å². The first-order chi connectivity index (χ1) is 13.2. The van der Waals surface area contributed by atoms with Crippen molar-refractivity contribution in [1.82, 2.24) is 19.9 Å². The normalized spacial score (nSPS) is 16.5. The summed E-state index contributed by atoms with van der Waals surface area (Å²) in [5, 5.41) is 0.968. The van der Waals surface area contributed by atoms with Crippen LogP contribution < -0.4 is 14.2 Å². The first-order valence-electron chi connectivity index (χ1n) is 8.65. The lowest BCUT2D eigenvalue weighted by molar-refractivity contribution is 0.0765. The molecule has 8 heteroatoms. The Morgan fingerprint density at radius 1 is 1.15 bits per heavy atom. The number of carbonyl (C=O) groups is 1. The van der Waals surface area contributed by atoms with Crippen LogP contribution in [0.2, 0.25) is 0 Å². The van der Waals surface area contributed by atoms with Crippen LogP contribution in [0.25, 0.3) is 10.9 Å². The molecular weight excluding hydrogens is 348 g/mol. The molecule has 1 aliphatic rings. The van der Waals surface area contributed by atoms with Gasteiger partial charge in [-0.15, -0.1) is 0 Å². The number of aromatic amines is 1. The van der Waals surface area contributed by atoms with Crippen molar-refractivity contribution >= 4 is 16.8 Å². The highest BCUT2D eigenvalue weighted by Gasteiger charge is 2.30. The summed E-state index contributed by atoms with van der Waals surface area (Å²) in [6.45, 7) is 1.10. The molecule has 4 rings (SSSR count). The van der Waals surface area contributed by atoms with Crippen molar-refractivity contribution in [2.45, 2.75) is 12.5 Å². The van der Waals surface area contributed by atoms with Gasteiger partial charge in [0.15, 0.2) is 0 Å². The molecule has 3 aromatic rings. The Hall–Kier alpha value is -3.29. The maximum Gasteiger partial charge on any atom is 0.278 e. The summed E-state index contributed by atoms with van der Waals surface area (Å²) in [4.78, 5) is 26.0. The molecule has 8 nitrogen and oxygen atoms in total. The van der Waals surface area contributed by atoms with E-state index in [0.717, 1.165) is 23.1 Å². The number of fused-ring (bicyclic) bond motifs is 1. The summed E-state index contributed by atoms with van der Waals surface area (Å²) in [5.74, 6) is 1.38. The molecule has 140 valence electrons. The van der Waals surface area contributed by atoms with Crippen molar-refractivity contribution < 1.29 is 19.0 Å². The molecule has 0 aliphatic carbocycles. The Balaban J connectivity index is 1.46. The molecule has 1 aromatic carbocycles. The largest absolute Gasteiger partial charge is 0.497 e. The first-order valence-corrected chi connectivity index (χ1v) is 8.65. The number of likely N-dealkylation sites (tertiary alicyclic amines) is 1. The lowest BCUT2D eigenvalue weighted by Gasteiger charge is -2.16. The van der Waals surface area contributed by atoms with Gasteiger partial charge in [0, 0.05) is 42.3 Å². The van der Waals surface area contributed by atoms with Gasteiger partial charge in [0.2, 0.25) is 0 Å². The van der Waals surface area contributed by atoms with Gasteiger partial charge in [-0.25, -0.2) is 9.97 Å². The zero-order chi connectivity index (χ0) is 18.8. The number of amides is 1. The summed E-state index contributed by atoms with van der Waals surface area (Å²) in [5.41, 5.74) is 1.42. The number of H-pyrrole nitrogens is 1. The van der Waals surface area contributed by atoms with Gasteiger partial charge in [0.25, 0.3) is 17.7 Å². The van der Waals surface area contributed by atoms with E-state index in [-0.39, 0.29) is 12.0 Å². The van der Waals surface area contributed by atoms with Crippen LogP contribution in [0, 0.1) is 0 Å². The zero-order valence-corrected chi connectivity index (χ0v) is 15.1. The number of hydrogen-bond acceptors (Lipinski definition) is 6. The fourth-order valence-corrected chi connectivity index (χ4v) is 3.22. The van der Waals surface area contributed by atoms with Gasteiger partial charge in [-0.2, -0.15) is 0 Å². The molecule has 1 unspecified atom stereocenters. The van der Waals surface area contributed by atoms with Gasteiger partial charge in [-0.3, -0.25) is 4.79 Å². The number of ether oxygens (including phenoxy) is 3. The average molecular weight is 368 g/mol. The third-order valence-corrected chi connectivity index (χ3v) is 4.60. The highest BCUT2D eigenvalue weighted by Crippen LogP contribution is 2.26. The van der Waals surface area contributed by atoms with Gasteiger partial charge in [-0.1, -0.05) is 0 Å². The third-order valence-electron chi connectivity index (χ3n) is 4.60. The standard InChI is InChI=1S/C19H20N4O4/c1-25-13-4-3-12-9-16(22-15(12)10-13)19(24)23-8-5-14(11-23)27-18-17(26-2)20-6-7-21-18/h3-4,6-7,9-10,14,22H,5,8,11H2,1-2H3. The molecule has 0 bridgehead atoms. The van der Waals surface area contributed by atoms with Crippen molar-refractivity contribution in [3.05, 3.63) is 42.4 Å². The van der Waals surface area contributed by atoms with Crippen LogP contribution in [-0.4, -0.2) is 59.2 Å². The highest BCUT2D eigenvalue weighted by molar-refractivity contribution is 5.98. The Labute approximate surface area is 156 Å². The second-order valence-corrected chi connectivity index (χ2v) is 6.29. The number of rotatable bonds is 5. The molecule has 3 heterocycles. The van der Waals surface area contributed by atoms with Gasteiger partial charge in [0.05, 0.1) is 20.8 Å². The Morgan fingerprint density at radius 2 is 1.96 bits per heavy atom. The average Bonchev–Trinajstić information content (AvgIpc) is 3.34. The van der Waals surface area contributed by atoms with Crippen molar-refractivity contribution in [3.8, 4) is 17.5 Å². The SMILES string of the molecule is COc1ccc2cc(C(=O)N3CCC(Oc4nccnc4OC)C3)[nH]c2c1.